The molecule has 0 aliphatic heterocycles. The van der Waals surface area contributed by atoms with Crippen molar-refractivity contribution in [2.45, 2.75) is 33.6 Å². The highest BCUT2D eigenvalue weighted by molar-refractivity contribution is 5.28. The molecule has 0 N–H and O–H groups in total. The summed E-state index contributed by atoms with van der Waals surface area (Å²) in [6.45, 7) is 2.89. The fourth-order valence-corrected chi connectivity index (χ4v) is 1.78. The number of hydrogen-bond acceptors (Lipinski definition) is 0. The molecule has 2 aromatic carbocycles. The standard InChI is InChI=1S/2C8H7F3.CH4/c2*1-6-4-2-3-5-7(6)8(9,10)11;/h2*2-5H,1H3;1H4. The number of aryl methyl sites for hydroxylation is 2. The quantitative estimate of drug-likeness (QED) is 0.472. The summed E-state index contributed by atoms with van der Waals surface area (Å²) in [4.78, 5) is 0. The molecule has 0 saturated carbocycles. The molecule has 23 heavy (non-hydrogen) atoms. The van der Waals surface area contributed by atoms with Crippen LogP contribution in [0.1, 0.15) is 29.7 Å². The van der Waals surface area contributed by atoms with Gasteiger partial charge in [-0.15, -0.1) is 0 Å². The summed E-state index contributed by atoms with van der Waals surface area (Å²) in [5, 5.41) is 0. The zero-order valence-corrected chi connectivity index (χ0v) is 11.9. The highest BCUT2D eigenvalue weighted by Gasteiger charge is 2.32. The molecule has 0 unspecified atom stereocenters. The first-order valence-electron chi connectivity index (χ1n) is 6.29. The first-order chi connectivity index (χ1) is 10.0. The van der Waals surface area contributed by atoms with Gasteiger partial charge in [0.25, 0.3) is 0 Å². The second-order valence-corrected chi connectivity index (χ2v) is 4.63. The van der Waals surface area contributed by atoms with Crippen molar-refractivity contribution in [3.63, 3.8) is 0 Å². The number of hydrogen-bond donors (Lipinski definition) is 0. The minimum absolute atomic E-state index is 0. The van der Waals surface area contributed by atoms with Gasteiger partial charge in [0, 0.05) is 0 Å². The van der Waals surface area contributed by atoms with E-state index in [9.17, 15) is 26.3 Å². The summed E-state index contributed by atoms with van der Waals surface area (Å²) >= 11 is 0. The van der Waals surface area contributed by atoms with Crippen LogP contribution in [0.2, 0.25) is 0 Å². The Balaban J connectivity index is 0.000000403. The molecule has 6 heteroatoms. The molecule has 0 saturated heterocycles. The van der Waals surface area contributed by atoms with E-state index in [2.05, 4.69) is 0 Å². The molecule has 0 aromatic heterocycles. The molecule has 0 fully saturated rings. The lowest BCUT2D eigenvalue weighted by Gasteiger charge is -2.08. The van der Waals surface area contributed by atoms with Crippen molar-refractivity contribution in [3.8, 4) is 0 Å². The van der Waals surface area contributed by atoms with Crippen LogP contribution in [0.15, 0.2) is 48.5 Å². The average molecular weight is 336 g/mol. The second kappa shape index (κ2) is 8.04. The van der Waals surface area contributed by atoms with Gasteiger partial charge in [0.05, 0.1) is 11.1 Å². The summed E-state index contributed by atoms with van der Waals surface area (Å²) in [6, 6.07) is 11.0. The third kappa shape index (κ3) is 6.34. The van der Waals surface area contributed by atoms with E-state index in [1.807, 2.05) is 0 Å². The first-order valence-corrected chi connectivity index (χ1v) is 6.29. The van der Waals surface area contributed by atoms with Gasteiger partial charge in [0.2, 0.25) is 0 Å². The van der Waals surface area contributed by atoms with E-state index in [4.69, 9.17) is 0 Å². The highest BCUT2D eigenvalue weighted by atomic mass is 19.4. The zero-order chi connectivity index (χ0) is 17.0. The molecule has 2 rings (SSSR count). The normalized spacial score (nSPS) is 11.1. The van der Waals surface area contributed by atoms with Crippen LogP contribution in [0, 0.1) is 13.8 Å². The van der Waals surface area contributed by atoms with E-state index in [0.717, 1.165) is 12.1 Å². The van der Waals surface area contributed by atoms with Crippen molar-refractivity contribution in [3.05, 3.63) is 70.8 Å². The third-order valence-corrected chi connectivity index (χ3v) is 2.90. The lowest BCUT2D eigenvalue weighted by atomic mass is 10.1. The van der Waals surface area contributed by atoms with Gasteiger partial charge < -0.3 is 0 Å². The van der Waals surface area contributed by atoms with E-state index in [0.29, 0.717) is 0 Å². The molecular weight excluding hydrogens is 318 g/mol. The maximum atomic E-state index is 12.0. The third-order valence-electron chi connectivity index (χ3n) is 2.90. The Kier molecular flexibility index (Phi) is 7.34. The summed E-state index contributed by atoms with van der Waals surface area (Å²) in [7, 11) is 0. The SMILES string of the molecule is C.Cc1ccccc1C(F)(F)F.Cc1ccccc1C(F)(F)F. The Morgan fingerprint density at radius 3 is 1.00 bits per heavy atom. The van der Waals surface area contributed by atoms with Crippen molar-refractivity contribution < 1.29 is 26.3 Å². The molecule has 2 aromatic rings. The molecule has 0 atom stereocenters. The van der Waals surface area contributed by atoms with Crippen LogP contribution < -0.4 is 0 Å². The maximum Gasteiger partial charge on any atom is 0.416 e. The molecule has 0 amide bonds. The van der Waals surface area contributed by atoms with Crippen LogP contribution in [0.4, 0.5) is 26.3 Å². The Labute approximate surface area is 131 Å². The second-order valence-electron chi connectivity index (χ2n) is 4.63. The van der Waals surface area contributed by atoms with Crippen molar-refractivity contribution in [2.75, 3.05) is 0 Å². The summed E-state index contributed by atoms with van der Waals surface area (Å²) in [5.74, 6) is 0. The van der Waals surface area contributed by atoms with Crippen molar-refractivity contribution >= 4 is 0 Å². The van der Waals surface area contributed by atoms with Gasteiger partial charge in [-0.25, -0.2) is 0 Å². The van der Waals surface area contributed by atoms with Crippen LogP contribution in [-0.4, -0.2) is 0 Å². The summed E-state index contributed by atoms with van der Waals surface area (Å²) < 4.78 is 72.3. The van der Waals surface area contributed by atoms with E-state index >= 15 is 0 Å². The Hall–Kier alpha value is -1.98. The average Bonchev–Trinajstić information content (AvgIpc) is 2.37. The maximum absolute atomic E-state index is 12.0. The van der Waals surface area contributed by atoms with Crippen molar-refractivity contribution in [1.82, 2.24) is 0 Å². The van der Waals surface area contributed by atoms with Gasteiger partial charge in [-0.1, -0.05) is 43.8 Å². The fourth-order valence-electron chi connectivity index (χ4n) is 1.78. The van der Waals surface area contributed by atoms with Crippen LogP contribution >= 0.6 is 0 Å². The van der Waals surface area contributed by atoms with Crippen LogP contribution in [0.3, 0.4) is 0 Å². The topological polar surface area (TPSA) is 0 Å². The Morgan fingerprint density at radius 2 is 0.826 bits per heavy atom. The van der Waals surface area contributed by atoms with Crippen molar-refractivity contribution in [2.24, 2.45) is 0 Å². The number of rotatable bonds is 0. The summed E-state index contributed by atoms with van der Waals surface area (Å²) in [6.07, 6.45) is -8.43. The van der Waals surface area contributed by atoms with Gasteiger partial charge >= 0.3 is 12.4 Å². The van der Waals surface area contributed by atoms with Gasteiger partial charge in [-0.05, 0) is 37.1 Å². The van der Waals surface area contributed by atoms with Gasteiger partial charge in [-0.2, -0.15) is 26.3 Å². The lowest BCUT2D eigenvalue weighted by Crippen LogP contribution is -2.06. The monoisotopic (exact) mass is 336 g/mol. The number of benzene rings is 2. The zero-order valence-electron chi connectivity index (χ0n) is 11.9. The molecule has 0 aliphatic carbocycles. The van der Waals surface area contributed by atoms with Crippen LogP contribution in [0.5, 0.6) is 0 Å². The van der Waals surface area contributed by atoms with Gasteiger partial charge in [-0.3, -0.25) is 0 Å². The molecule has 0 spiro atoms. The minimum Gasteiger partial charge on any atom is -0.166 e. The van der Waals surface area contributed by atoms with Crippen molar-refractivity contribution in [1.29, 1.82) is 0 Å². The molecule has 0 bridgehead atoms. The van der Waals surface area contributed by atoms with Crippen LogP contribution in [-0.2, 0) is 12.4 Å². The van der Waals surface area contributed by atoms with Gasteiger partial charge in [0.15, 0.2) is 0 Å². The Bertz CT molecular complexity index is 555. The fraction of sp³-hybridized carbons (Fsp3) is 0.294. The largest absolute Gasteiger partial charge is 0.416 e. The lowest BCUT2D eigenvalue weighted by molar-refractivity contribution is -0.138. The molecule has 128 valence electrons. The number of alkyl halides is 6. The first kappa shape index (κ1) is 21.0. The van der Waals surface area contributed by atoms with E-state index in [1.54, 1.807) is 12.1 Å². The number of halogens is 6. The van der Waals surface area contributed by atoms with Gasteiger partial charge in [0.1, 0.15) is 0 Å². The highest BCUT2D eigenvalue weighted by Crippen LogP contribution is 2.31. The Morgan fingerprint density at radius 1 is 0.565 bits per heavy atom. The molecule has 0 heterocycles. The predicted molar refractivity (Wildman–Crippen MR) is 79.1 cm³/mol. The van der Waals surface area contributed by atoms with E-state index in [-0.39, 0.29) is 18.6 Å². The molecule has 0 aliphatic rings. The van der Waals surface area contributed by atoms with E-state index in [1.165, 1.54) is 38.1 Å². The molecule has 0 nitrogen and oxygen atoms in total. The van der Waals surface area contributed by atoms with E-state index < -0.39 is 23.5 Å². The molecule has 0 radical (unpaired) electrons. The predicted octanol–water partition coefficient (Wildman–Crippen LogP) is 6.66. The van der Waals surface area contributed by atoms with Crippen LogP contribution in [0.25, 0.3) is 0 Å². The smallest absolute Gasteiger partial charge is 0.166 e. The summed E-state index contributed by atoms with van der Waals surface area (Å²) in [5.41, 5.74) is -0.583. The minimum atomic E-state index is -4.22. The molecular formula is C17H18F6.